The molecule has 14 heteroatoms. The fraction of sp³-hybridized carbons (Fsp3) is 1.00. The Morgan fingerprint density at radius 1 is 0.462 bits per heavy atom. The minimum atomic E-state index is -10.7. The molecule has 0 bridgehead atoms. The third-order valence-corrected chi connectivity index (χ3v) is 1.98. The van der Waals surface area contributed by atoms with Crippen molar-refractivity contribution in [2.24, 2.45) is 0 Å². The van der Waals surface area contributed by atoms with Gasteiger partial charge in [-0.1, -0.05) is 0 Å². The van der Waals surface area contributed by atoms with E-state index >= 15 is 0 Å². The first-order valence-electron chi connectivity index (χ1n) is 7.22. The molecule has 0 aliphatic heterocycles. The summed E-state index contributed by atoms with van der Waals surface area (Å²) in [6.45, 7) is 5.93. The number of methoxy groups -OCH3 is 2. The van der Waals surface area contributed by atoms with Crippen LogP contribution in [0.1, 0.15) is 0 Å². The topological polar surface area (TPSA) is 55.4 Å². The molecule has 0 aromatic rings. The zero-order valence-corrected chi connectivity index (χ0v) is 18.1. The predicted molar refractivity (Wildman–Crippen MR) is 80.6 cm³/mol. The molecule has 0 saturated heterocycles. The molecule has 0 amide bonds. The summed E-state index contributed by atoms with van der Waals surface area (Å²) < 4.78 is 90.0. The first kappa shape index (κ1) is 31.5. The van der Waals surface area contributed by atoms with Crippen LogP contribution in [-0.2, 0) is 28.4 Å². The number of rotatable bonds is 15. The summed E-state index contributed by atoms with van der Waals surface area (Å²) in [5, 5.41) is 0. The van der Waals surface area contributed by atoms with Gasteiger partial charge in [-0.15, -0.1) is 0 Å². The first-order valence-corrected chi connectivity index (χ1v) is 9.25. The molecule has 0 saturated carbocycles. The van der Waals surface area contributed by atoms with Crippen molar-refractivity contribution in [2.75, 3.05) is 80.3 Å². The van der Waals surface area contributed by atoms with Gasteiger partial charge in [0.15, 0.2) is 0 Å². The Kier molecular flexibility index (Phi) is 19.0. The van der Waals surface area contributed by atoms with Gasteiger partial charge in [0.05, 0.1) is 66.1 Å². The second-order valence-electron chi connectivity index (χ2n) is 4.39. The molecule has 0 N–H and O–H groups in total. The van der Waals surface area contributed by atoms with E-state index in [1.807, 2.05) is 0 Å². The first-order chi connectivity index (χ1) is 11.4. The van der Waals surface area contributed by atoms with Crippen LogP contribution in [0.4, 0.5) is 25.2 Å². The normalized spacial score (nSPS) is 13.8. The zero-order chi connectivity index (χ0) is 19.7. The van der Waals surface area contributed by atoms with Crippen LogP contribution < -0.4 is 29.6 Å². The van der Waals surface area contributed by atoms with E-state index in [0.717, 1.165) is 0 Å². The van der Waals surface area contributed by atoms with E-state index in [9.17, 15) is 25.2 Å². The standard InChI is InChI=1S/C12H26O6.F6P.Na/c1-13-3-5-15-7-9-17-11-12-18-10-8-16-6-4-14-2;1-7(2,3,4,5)6;/h3-12H2,1-2H3;;/q;-1;+1. The van der Waals surface area contributed by atoms with Gasteiger partial charge < -0.3 is 28.4 Å². The van der Waals surface area contributed by atoms with Crippen molar-refractivity contribution in [2.45, 2.75) is 0 Å². The molecule has 0 atom stereocenters. The van der Waals surface area contributed by atoms with E-state index < -0.39 is 7.81 Å². The summed E-state index contributed by atoms with van der Waals surface area (Å²) in [5.74, 6) is 0. The number of hydrogen-bond acceptors (Lipinski definition) is 6. The molecule has 158 valence electrons. The minimum Gasteiger partial charge on any atom is 1.00 e. The van der Waals surface area contributed by atoms with Crippen LogP contribution in [-0.4, -0.2) is 80.3 Å². The van der Waals surface area contributed by atoms with Gasteiger partial charge in [-0.3, -0.25) is 0 Å². The van der Waals surface area contributed by atoms with Crippen LogP contribution in [0.3, 0.4) is 0 Å². The SMILES string of the molecule is COCCOCCOCCOCCOCCOC.F[P-](F)(F)(F)(F)F.[Na+]. The molecule has 6 nitrogen and oxygen atoms in total. The molecule has 0 spiro atoms. The van der Waals surface area contributed by atoms with E-state index in [1.54, 1.807) is 14.2 Å². The van der Waals surface area contributed by atoms with Gasteiger partial charge in [-0.2, -0.15) is 0 Å². The maximum atomic E-state index is 9.87. The van der Waals surface area contributed by atoms with Gasteiger partial charge in [0.25, 0.3) is 0 Å². The second kappa shape index (κ2) is 15.7. The molecule has 26 heavy (non-hydrogen) atoms. The molecule has 0 aliphatic carbocycles. The van der Waals surface area contributed by atoms with Crippen LogP contribution >= 0.6 is 7.81 Å². The quantitative estimate of drug-likeness (QED) is 0.164. The fourth-order valence-corrected chi connectivity index (χ4v) is 1.05. The monoisotopic (exact) mass is 434 g/mol. The second-order valence-corrected chi connectivity index (χ2v) is 6.31. The van der Waals surface area contributed by atoms with Gasteiger partial charge in [-0.05, 0) is 0 Å². The molecule has 0 fully saturated rings. The van der Waals surface area contributed by atoms with Gasteiger partial charge >= 0.3 is 62.5 Å². The van der Waals surface area contributed by atoms with Crippen molar-refractivity contribution < 1.29 is 83.2 Å². The number of ether oxygens (including phenoxy) is 6. The molecular weight excluding hydrogens is 408 g/mol. The van der Waals surface area contributed by atoms with Gasteiger partial charge in [0, 0.05) is 14.2 Å². The fourth-order valence-electron chi connectivity index (χ4n) is 1.05. The Morgan fingerprint density at radius 2 is 0.615 bits per heavy atom. The van der Waals surface area contributed by atoms with Crippen molar-refractivity contribution in [3.8, 4) is 0 Å². The van der Waals surface area contributed by atoms with E-state index in [0.29, 0.717) is 66.1 Å². The smallest absolute Gasteiger partial charge is 1.00 e. The molecule has 0 radical (unpaired) electrons. The van der Waals surface area contributed by atoms with Gasteiger partial charge in [0.2, 0.25) is 0 Å². The van der Waals surface area contributed by atoms with Crippen LogP contribution in [0.5, 0.6) is 0 Å². The molecule has 0 aromatic heterocycles. The van der Waals surface area contributed by atoms with Crippen molar-refractivity contribution in [3.63, 3.8) is 0 Å². The van der Waals surface area contributed by atoms with E-state index in [4.69, 9.17) is 28.4 Å². The van der Waals surface area contributed by atoms with Crippen molar-refractivity contribution in [1.82, 2.24) is 0 Å². The van der Waals surface area contributed by atoms with Crippen LogP contribution in [0, 0.1) is 0 Å². The Labute approximate surface area is 171 Å². The van der Waals surface area contributed by atoms with Crippen molar-refractivity contribution >= 4 is 7.81 Å². The molecule has 0 rings (SSSR count). The predicted octanol–water partition coefficient (Wildman–Crippen LogP) is 0.732. The average molecular weight is 434 g/mol. The van der Waals surface area contributed by atoms with E-state index in [1.165, 1.54) is 0 Å². The summed E-state index contributed by atoms with van der Waals surface area (Å²) in [6.07, 6.45) is 0. The summed E-state index contributed by atoms with van der Waals surface area (Å²) >= 11 is 0. The van der Waals surface area contributed by atoms with E-state index in [2.05, 4.69) is 0 Å². The van der Waals surface area contributed by atoms with Crippen molar-refractivity contribution in [3.05, 3.63) is 0 Å². The van der Waals surface area contributed by atoms with E-state index in [-0.39, 0.29) is 29.6 Å². The third kappa shape index (κ3) is 56.3. The minimum absolute atomic E-state index is 0. The average Bonchev–Trinajstić information content (AvgIpc) is 2.44. The Balaban J connectivity index is -0.000000561. The summed E-state index contributed by atoms with van der Waals surface area (Å²) in [4.78, 5) is 0. The molecular formula is C12H26F6NaO6P. The zero-order valence-electron chi connectivity index (χ0n) is 15.2. The van der Waals surface area contributed by atoms with Gasteiger partial charge in [-0.25, -0.2) is 0 Å². The van der Waals surface area contributed by atoms with Crippen LogP contribution in [0.2, 0.25) is 0 Å². The maximum Gasteiger partial charge on any atom is 1.00 e. The van der Waals surface area contributed by atoms with Crippen LogP contribution in [0.25, 0.3) is 0 Å². The molecule has 0 unspecified atom stereocenters. The Morgan fingerprint density at radius 3 is 0.769 bits per heavy atom. The summed E-state index contributed by atoms with van der Waals surface area (Å²) in [7, 11) is -7.36. The van der Waals surface area contributed by atoms with Crippen LogP contribution in [0.15, 0.2) is 0 Å². The summed E-state index contributed by atoms with van der Waals surface area (Å²) in [6, 6.07) is 0. The molecule has 0 heterocycles. The Hall–Kier alpha value is 0.770. The molecule has 0 aliphatic rings. The largest absolute Gasteiger partial charge is 1.00 e. The maximum absolute atomic E-state index is 10.7. The number of halogens is 6. The van der Waals surface area contributed by atoms with Gasteiger partial charge in [0.1, 0.15) is 0 Å². The summed E-state index contributed by atoms with van der Waals surface area (Å²) in [5.41, 5.74) is 0. The Bertz CT molecular complexity index is 281. The molecule has 0 aromatic carbocycles. The third-order valence-electron chi connectivity index (χ3n) is 1.98. The number of hydrogen-bond donors (Lipinski definition) is 0. The van der Waals surface area contributed by atoms with Crippen molar-refractivity contribution in [1.29, 1.82) is 0 Å².